The monoisotopic (exact) mass is 1160 g/mol. The highest BCUT2D eigenvalue weighted by molar-refractivity contribution is 5.77. The molecule has 6 nitrogen and oxygen atoms in total. The Morgan fingerprint density at radius 1 is 0.312 bits per heavy atom. The average molecular weight is 1160 g/mol. The SMILES string of the molecule is CCCCCCCC1CCC(C(=O)Oc2c(F)c(F)c(-c3c(F)c(F)c(OCCCCC)c(F)c3F)c(F)c2F)CC1.CCCCCOc1c(F)c(F)c(-c2c(F)c(F)c(OC(=O)C3CCC(CCC)CC3)c(F)c2F)c(F)c1F. The van der Waals surface area contributed by atoms with Gasteiger partial charge in [0, 0.05) is 0 Å². The second kappa shape index (κ2) is 30.4. The molecular formula is C58H64F16O6. The Balaban J connectivity index is 0.000000295. The molecule has 2 aliphatic rings. The number of unbranched alkanes of at least 4 members (excludes halogenated alkanes) is 8. The predicted molar refractivity (Wildman–Crippen MR) is 264 cm³/mol. The fourth-order valence-electron chi connectivity index (χ4n) is 10.00. The maximum absolute atomic E-state index is 15.0. The topological polar surface area (TPSA) is 71.1 Å². The second-order valence-electron chi connectivity index (χ2n) is 20.2. The van der Waals surface area contributed by atoms with Crippen LogP contribution in [0.1, 0.15) is 169 Å². The first-order chi connectivity index (χ1) is 38.1. The summed E-state index contributed by atoms with van der Waals surface area (Å²) in [5.41, 5.74) is -8.09. The molecule has 0 N–H and O–H groups in total. The molecule has 0 bridgehead atoms. The lowest BCUT2D eigenvalue weighted by Crippen LogP contribution is -2.26. The van der Waals surface area contributed by atoms with Crippen LogP contribution in [0.25, 0.3) is 22.3 Å². The number of ether oxygens (including phenoxy) is 4. The Kier molecular flexibility index (Phi) is 24.7. The van der Waals surface area contributed by atoms with E-state index in [-0.39, 0.29) is 13.2 Å². The first-order valence-electron chi connectivity index (χ1n) is 27.2. The van der Waals surface area contributed by atoms with Gasteiger partial charge in [0.2, 0.25) is 58.0 Å². The van der Waals surface area contributed by atoms with Crippen molar-refractivity contribution in [3.8, 4) is 45.3 Å². The molecular weight excluding hydrogens is 1100 g/mol. The maximum atomic E-state index is 15.0. The van der Waals surface area contributed by atoms with Crippen LogP contribution in [0, 0.1) is 117 Å². The number of esters is 2. The summed E-state index contributed by atoms with van der Waals surface area (Å²) >= 11 is 0. The molecule has 0 radical (unpaired) electrons. The van der Waals surface area contributed by atoms with E-state index in [2.05, 4.69) is 11.7 Å². The van der Waals surface area contributed by atoms with Crippen LogP contribution < -0.4 is 18.9 Å². The van der Waals surface area contributed by atoms with Crippen LogP contribution in [0.5, 0.6) is 23.0 Å². The van der Waals surface area contributed by atoms with Crippen molar-refractivity contribution >= 4 is 11.9 Å². The Labute approximate surface area is 453 Å². The van der Waals surface area contributed by atoms with Crippen LogP contribution in [0.3, 0.4) is 0 Å². The molecule has 4 aromatic rings. The number of hydrogen-bond acceptors (Lipinski definition) is 6. The zero-order chi connectivity index (χ0) is 59.1. The molecule has 0 unspecified atom stereocenters. The van der Waals surface area contributed by atoms with Gasteiger partial charge >= 0.3 is 11.9 Å². The van der Waals surface area contributed by atoms with Crippen LogP contribution in [0.15, 0.2) is 0 Å². The Hall–Kier alpha value is -5.70. The third-order valence-corrected chi connectivity index (χ3v) is 14.6. The van der Waals surface area contributed by atoms with E-state index in [1.807, 2.05) is 20.8 Å². The number of halogens is 16. The Bertz CT molecular complexity index is 2680. The largest absolute Gasteiger partial charge is 0.487 e. The van der Waals surface area contributed by atoms with Gasteiger partial charge in [-0.2, -0.15) is 35.1 Å². The smallest absolute Gasteiger partial charge is 0.314 e. The molecule has 0 atom stereocenters. The zero-order valence-electron chi connectivity index (χ0n) is 44.8. The highest BCUT2D eigenvalue weighted by Crippen LogP contribution is 2.45. The van der Waals surface area contributed by atoms with E-state index in [0.717, 1.165) is 44.9 Å². The van der Waals surface area contributed by atoms with E-state index in [0.29, 0.717) is 102 Å². The summed E-state index contributed by atoms with van der Waals surface area (Å²) in [6.45, 7) is 7.16. The number of hydrogen-bond donors (Lipinski definition) is 0. The molecule has 0 heterocycles. The molecule has 0 aromatic heterocycles. The third kappa shape index (κ3) is 15.0. The summed E-state index contributed by atoms with van der Waals surface area (Å²) in [6.07, 6.45) is 15.8. The second-order valence-corrected chi connectivity index (χ2v) is 20.2. The van der Waals surface area contributed by atoms with Crippen molar-refractivity contribution in [3.63, 3.8) is 0 Å². The van der Waals surface area contributed by atoms with Crippen LogP contribution >= 0.6 is 0 Å². The van der Waals surface area contributed by atoms with Crippen molar-refractivity contribution in [1.82, 2.24) is 0 Å². The van der Waals surface area contributed by atoms with E-state index < -0.39 is 162 Å². The maximum Gasteiger partial charge on any atom is 0.314 e. The Morgan fingerprint density at radius 2 is 0.575 bits per heavy atom. The first kappa shape index (κ1) is 65.1. The third-order valence-electron chi connectivity index (χ3n) is 14.6. The summed E-state index contributed by atoms with van der Waals surface area (Å²) in [7, 11) is 0. The van der Waals surface area contributed by atoms with Crippen molar-refractivity contribution in [3.05, 3.63) is 93.1 Å². The molecule has 6 rings (SSSR count). The van der Waals surface area contributed by atoms with Gasteiger partial charge in [0.1, 0.15) is 0 Å². The van der Waals surface area contributed by atoms with Crippen molar-refractivity contribution in [2.45, 2.75) is 169 Å². The van der Waals surface area contributed by atoms with Crippen LogP contribution in [-0.2, 0) is 9.59 Å². The van der Waals surface area contributed by atoms with Crippen molar-refractivity contribution < 1.29 is 98.8 Å². The molecule has 2 saturated carbocycles. The lowest BCUT2D eigenvalue weighted by atomic mass is 9.80. The highest BCUT2D eigenvalue weighted by Gasteiger charge is 2.39. The molecule has 0 aliphatic heterocycles. The van der Waals surface area contributed by atoms with Gasteiger partial charge in [0.15, 0.2) is 58.0 Å². The minimum atomic E-state index is -2.40. The van der Waals surface area contributed by atoms with Gasteiger partial charge in [-0.25, -0.2) is 35.1 Å². The molecule has 4 aromatic carbocycles. The molecule has 22 heteroatoms. The predicted octanol–water partition coefficient (Wildman–Crippen LogP) is 18.7. The number of rotatable bonds is 24. The standard InChI is InChI=1S/C31H36F8O3.C27H28F8O3/c1-3-5-7-8-9-11-17-12-14-18(15-13-17)31(40)42-30-27(38)23(34)20(24(35)28(30)39)19-21(32)25(36)29(26(37)22(19)33)41-16-10-6-4-2;1-3-5-6-12-37-25-21(32)17(28)15(18(29)22(25)33)16-19(30)23(34)26(24(35)20(16)31)38-27(36)14-10-8-13(7-4-2)9-11-14/h17-18H,3-16H2,1-2H3;13-14H,3-12H2,1-2H3. The van der Waals surface area contributed by atoms with Gasteiger partial charge in [0.25, 0.3) is 0 Å². The van der Waals surface area contributed by atoms with Gasteiger partial charge in [-0.1, -0.05) is 105 Å². The fraction of sp³-hybridized carbons (Fsp3) is 0.552. The van der Waals surface area contributed by atoms with Gasteiger partial charge in [0.05, 0.1) is 47.3 Å². The normalized spacial score (nSPS) is 17.2. The van der Waals surface area contributed by atoms with Crippen LogP contribution in [0.2, 0.25) is 0 Å². The van der Waals surface area contributed by atoms with E-state index in [1.165, 1.54) is 6.42 Å². The van der Waals surface area contributed by atoms with Crippen LogP contribution in [-0.4, -0.2) is 25.2 Å². The Morgan fingerprint density at radius 3 is 0.863 bits per heavy atom. The number of carbonyl (C=O) groups is 2. The molecule has 80 heavy (non-hydrogen) atoms. The van der Waals surface area contributed by atoms with Crippen molar-refractivity contribution in [2.75, 3.05) is 13.2 Å². The molecule has 2 aliphatic carbocycles. The zero-order valence-corrected chi connectivity index (χ0v) is 44.8. The molecule has 0 amide bonds. The number of benzene rings is 4. The minimum absolute atomic E-state index is 0.292. The van der Waals surface area contributed by atoms with Gasteiger partial charge in [-0.3, -0.25) is 9.59 Å². The summed E-state index contributed by atoms with van der Waals surface area (Å²) in [5.74, 6) is -46.0. The van der Waals surface area contributed by atoms with E-state index in [4.69, 9.17) is 14.2 Å². The molecule has 444 valence electrons. The molecule has 0 saturated heterocycles. The quantitative estimate of drug-likeness (QED) is 0.0229. The van der Waals surface area contributed by atoms with E-state index in [1.54, 1.807) is 0 Å². The summed E-state index contributed by atoms with van der Waals surface area (Å²) < 4.78 is 255. The van der Waals surface area contributed by atoms with Crippen molar-refractivity contribution in [1.29, 1.82) is 0 Å². The first-order valence-corrected chi connectivity index (χ1v) is 27.2. The highest BCUT2D eigenvalue weighted by atomic mass is 19.2. The van der Waals surface area contributed by atoms with Crippen LogP contribution in [0.4, 0.5) is 70.2 Å². The van der Waals surface area contributed by atoms with E-state index in [9.17, 15) is 79.8 Å². The molecule has 0 spiro atoms. The van der Waals surface area contributed by atoms with E-state index >= 15 is 0 Å². The summed E-state index contributed by atoms with van der Waals surface area (Å²) in [6, 6.07) is 0. The number of carbonyl (C=O) groups excluding carboxylic acids is 2. The lowest BCUT2D eigenvalue weighted by molar-refractivity contribution is -0.141. The van der Waals surface area contributed by atoms with Gasteiger partial charge in [-0.15, -0.1) is 0 Å². The fourth-order valence-corrected chi connectivity index (χ4v) is 10.00. The summed E-state index contributed by atoms with van der Waals surface area (Å²) in [4.78, 5) is 25.1. The van der Waals surface area contributed by atoms with Gasteiger partial charge < -0.3 is 18.9 Å². The van der Waals surface area contributed by atoms with Crippen molar-refractivity contribution in [2.24, 2.45) is 23.7 Å². The average Bonchev–Trinajstić information content (AvgIpc) is 3.46. The minimum Gasteiger partial charge on any atom is -0.487 e. The van der Waals surface area contributed by atoms with Gasteiger partial charge in [-0.05, 0) is 76.0 Å². The summed E-state index contributed by atoms with van der Waals surface area (Å²) in [5, 5.41) is 0. The molecule has 2 fully saturated rings. The lowest BCUT2D eigenvalue weighted by Gasteiger charge is -2.27.